The van der Waals surface area contributed by atoms with Gasteiger partial charge in [0.15, 0.2) is 0 Å². The number of carbonyl (C=O) groups excluding carboxylic acids is 1. The third-order valence-corrected chi connectivity index (χ3v) is 17.2. The number of carbonyl (C=O) groups is 1. The molecule has 14 heavy (non-hydrogen) atoms. The summed E-state index contributed by atoms with van der Waals surface area (Å²) in [7, 11) is 0. The SMILES string of the molecule is CC(C)[As+](CC(N)=O)(C(C)C)C(C)C. The van der Waals surface area contributed by atoms with Crippen molar-refractivity contribution in [3.8, 4) is 0 Å². The number of hydrogen-bond donors (Lipinski definition) is 1. The van der Waals surface area contributed by atoms with Gasteiger partial charge in [-0.3, -0.25) is 0 Å². The van der Waals surface area contributed by atoms with Gasteiger partial charge in [0.2, 0.25) is 0 Å². The van der Waals surface area contributed by atoms with Crippen LogP contribution in [0.2, 0.25) is 19.3 Å². The molecule has 2 N–H and O–H groups in total. The molecule has 0 heterocycles. The summed E-state index contributed by atoms with van der Waals surface area (Å²) in [6.45, 7) is 13.6. The van der Waals surface area contributed by atoms with Crippen molar-refractivity contribution in [2.45, 2.75) is 60.9 Å². The van der Waals surface area contributed by atoms with Gasteiger partial charge in [0.05, 0.1) is 0 Å². The molecule has 0 unspecified atom stereocenters. The summed E-state index contributed by atoms with van der Waals surface area (Å²) in [4.78, 5) is 11.2. The standard InChI is InChI=1S/C11H24AsNO/c1-8(2)12(9(3)4,10(5)6)7-11(13)14/h8-10H,7H2,1-6H3,(H-,13,14)/p+1. The van der Waals surface area contributed by atoms with Crippen molar-refractivity contribution in [2.75, 3.05) is 0 Å². The Morgan fingerprint density at radius 2 is 1.29 bits per heavy atom. The van der Waals surface area contributed by atoms with Gasteiger partial charge in [-0.05, 0) is 0 Å². The van der Waals surface area contributed by atoms with Crippen molar-refractivity contribution in [3.63, 3.8) is 0 Å². The topological polar surface area (TPSA) is 43.1 Å². The summed E-state index contributed by atoms with van der Waals surface area (Å²) in [6, 6.07) is 0. The fourth-order valence-corrected chi connectivity index (χ4v) is 13.5. The third kappa shape index (κ3) is 2.76. The average molecular weight is 262 g/mol. The van der Waals surface area contributed by atoms with Gasteiger partial charge >= 0.3 is 90.9 Å². The number of amides is 1. The second-order valence-electron chi connectivity index (χ2n) is 4.90. The number of rotatable bonds is 5. The molecular weight excluding hydrogens is 237 g/mol. The van der Waals surface area contributed by atoms with Crippen LogP contribution >= 0.6 is 0 Å². The molecule has 0 aliphatic carbocycles. The Bertz CT molecular complexity index is 178. The molecule has 0 saturated carbocycles. The van der Waals surface area contributed by atoms with Crippen LogP contribution in [0.15, 0.2) is 0 Å². The molecular formula is C11H25AsNO+. The predicted molar refractivity (Wildman–Crippen MR) is 65.0 cm³/mol. The van der Waals surface area contributed by atoms with Gasteiger partial charge < -0.3 is 0 Å². The van der Waals surface area contributed by atoms with E-state index in [4.69, 9.17) is 5.73 Å². The maximum absolute atomic E-state index is 11.2. The molecule has 0 aliphatic rings. The first kappa shape index (κ1) is 14.0. The third-order valence-electron chi connectivity index (χ3n) is 3.31. The second-order valence-corrected chi connectivity index (χ2v) is 16.2. The van der Waals surface area contributed by atoms with E-state index in [-0.39, 0.29) is 5.91 Å². The molecule has 0 bridgehead atoms. The molecule has 0 aromatic rings. The Labute approximate surface area is 91.1 Å². The van der Waals surface area contributed by atoms with Gasteiger partial charge in [-0.2, -0.15) is 0 Å². The number of nitrogens with two attached hydrogens (primary N) is 1. The van der Waals surface area contributed by atoms with Crippen molar-refractivity contribution in [3.05, 3.63) is 0 Å². The van der Waals surface area contributed by atoms with Crippen LogP contribution in [-0.4, -0.2) is 19.5 Å². The summed E-state index contributed by atoms with van der Waals surface area (Å²) in [5.41, 5.74) is 5.40. The van der Waals surface area contributed by atoms with Gasteiger partial charge in [0.25, 0.3) is 0 Å². The molecule has 0 fully saturated rings. The summed E-state index contributed by atoms with van der Waals surface area (Å²) < 4.78 is 1.96. The van der Waals surface area contributed by atoms with Gasteiger partial charge in [-0.1, -0.05) is 0 Å². The molecule has 0 aliphatic heterocycles. The molecule has 0 spiro atoms. The van der Waals surface area contributed by atoms with E-state index in [9.17, 15) is 4.79 Å². The summed E-state index contributed by atoms with van der Waals surface area (Å²) in [5, 5.41) is 0.672. The summed E-state index contributed by atoms with van der Waals surface area (Å²) >= 11 is -1.95. The fraction of sp³-hybridized carbons (Fsp3) is 0.909. The van der Waals surface area contributed by atoms with Gasteiger partial charge in [0, 0.05) is 0 Å². The van der Waals surface area contributed by atoms with Crippen LogP contribution in [0.3, 0.4) is 0 Å². The van der Waals surface area contributed by atoms with Crippen molar-refractivity contribution in [2.24, 2.45) is 5.73 Å². The Morgan fingerprint density at radius 3 is 1.36 bits per heavy atom. The van der Waals surface area contributed by atoms with Crippen molar-refractivity contribution < 1.29 is 4.79 Å². The Hall–Kier alpha value is 0.0284. The van der Waals surface area contributed by atoms with Crippen molar-refractivity contribution in [1.82, 2.24) is 0 Å². The first-order valence-electron chi connectivity index (χ1n) is 5.40. The van der Waals surface area contributed by atoms with E-state index in [1.54, 1.807) is 0 Å². The van der Waals surface area contributed by atoms with Crippen molar-refractivity contribution >= 4 is 19.5 Å². The zero-order chi connectivity index (χ0) is 11.5. The quantitative estimate of drug-likeness (QED) is 0.760. The van der Waals surface area contributed by atoms with Gasteiger partial charge in [-0.15, -0.1) is 0 Å². The molecule has 0 atom stereocenters. The van der Waals surface area contributed by atoms with E-state index in [1.807, 2.05) is 0 Å². The van der Waals surface area contributed by atoms with Crippen LogP contribution < -0.4 is 5.73 Å². The molecule has 0 radical (unpaired) electrons. The van der Waals surface area contributed by atoms with E-state index >= 15 is 0 Å². The minimum atomic E-state index is -1.95. The van der Waals surface area contributed by atoms with E-state index in [2.05, 4.69) is 41.5 Å². The van der Waals surface area contributed by atoms with Crippen molar-refractivity contribution in [1.29, 1.82) is 0 Å². The van der Waals surface area contributed by atoms with E-state index in [0.717, 1.165) is 0 Å². The van der Waals surface area contributed by atoms with Crippen LogP contribution in [0.4, 0.5) is 0 Å². The second kappa shape index (κ2) is 5.21. The first-order chi connectivity index (χ1) is 6.25. The normalized spacial score (nSPS) is 12.9. The van der Waals surface area contributed by atoms with Crippen LogP contribution in [0.1, 0.15) is 41.5 Å². The Balaban J connectivity index is 5.05. The van der Waals surface area contributed by atoms with Gasteiger partial charge in [0.1, 0.15) is 0 Å². The first-order valence-corrected chi connectivity index (χ1v) is 9.98. The Morgan fingerprint density at radius 1 is 1.00 bits per heavy atom. The number of hydrogen-bond acceptors (Lipinski definition) is 1. The van der Waals surface area contributed by atoms with E-state index in [1.165, 1.54) is 0 Å². The maximum atomic E-state index is 11.2. The average Bonchev–Trinajstić information content (AvgIpc) is 1.97. The molecule has 84 valence electrons. The van der Waals surface area contributed by atoms with E-state index < -0.39 is 13.6 Å². The number of primary amides is 1. The summed E-state index contributed by atoms with van der Waals surface area (Å²) in [6.07, 6.45) is 0. The molecule has 3 heteroatoms. The zero-order valence-corrected chi connectivity index (χ0v) is 12.2. The zero-order valence-electron chi connectivity index (χ0n) is 10.4. The van der Waals surface area contributed by atoms with Crippen LogP contribution in [0.5, 0.6) is 0 Å². The van der Waals surface area contributed by atoms with E-state index in [0.29, 0.717) is 19.3 Å². The predicted octanol–water partition coefficient (Wildman–Crippen LogP) is 3.15. The molecule has 0 aromatic carbocycles. The van der Waals surface area contributed by atoms with Gasteiger partial charge in [-0.25, -0.2) is 0 Å². The molecule has 0 rings (SSSR count). The van der Waals surface area contributed by atoms with Crippen LogP contribution in [0.25, 0.3) is 0 Å². The fourth-order valence-electron chi connectivity index (χ4n) is 2.61. The molecule has 2 nitrogen and oxygen atoms in total. The van der Waals surface area contributed by atoms with Crippen LogP contribution in [0, 0.1) is 0 Å². The van der Waals surface area contributed by atoms with Crippen LogP contribution in [-0.2, 0) is 4.79 Å². The minimum absolute atomic E-state index is 0.103. The molecule has 1 amide bonds. The monoisotopic (exact) mass is 262 g/mol. The summed E-state index contributed by atoms with van der Waals surface area (Å²) in [5.74, 6) is -0.103. The Kier molecular flexibility index (Phi) is 5.22. The molecule has 0 saturated heterocycles. The molecule has 0 aromatic heterocycles.